The molecule has 0 spiro atoms. The van der Waals surface area contributed by atoms with Gasteiger partial charge in [-0.15, -0.1) is 0 Å². The van der Waals surface area contributed by atoms with E-state index in [1.165, 1.54) is 22.1 Å². The number of benzene rings is 2. The maximum Gasteiger partial charge on any atom is 0.222 e. The van der Waals surface area contributed by atoms with Crippen LogP contribution < -0.4 is 4.74 Å². The van der Waals surface area contributed by atoms with Crippen molar-refractivity contribution in [2.24, 2.45) is 0 Å². The molecule has 1 fully saturated rings. The van der Waals surface area contributed by atoms with Gasteiger partial charge in [-0.3, -0.25) is 9.78 Å². The van der Waals surface area contributed by atoms with Crippen LogP contribution in [0.4, 0.5) is 0 Å². The van der Waals surface area contributed by atoms with Gasteiger partial charge in [-0.25, -0.2) is 0 Å². The normalized spacial score (nSPS) is 15.0. The van der Waals surface area contributed by atoms with Crippen LogP contribution in [0.5, 0.6) is 5.75 Å². The summed E-state index contributed by atoms with van der Waals surface area (Å²) in [5, 5.41) is 1.17. The Bertz CT molecular complexity index is 974. The predicted molar refractivity (Wildman–Crippen MR) is 112 cm³/mol. The van der Waals surface area contributed by atoms with Crippen molar-refractivity contribution in [3.8, 4) is 16.9 Å². The fourth-order valence-corrected chi connectivity index (χ4v) is 3.98. The zero-order chi connectivity index (χ0) is 19.5. The summed E-state index contributed by atoms with van der Waals surface area (Å²) in [6, 6.07) is 16.7. The fourth-order valence-electron chi connectivity index (χ4n) is 3.98. The van der Waals surface area contributed by atoms with Gasteiger partial charge in [0.2, 0.25) is 5.91 Å². The molecule has 28 heavy (non-hydrogen) atoms. The van der Waals surface area contributed by atoms with Crippen LogP contribution in [0.25, 0.3) is 22.0 Å². The first-order valence-corrected chi connectivity index (χ1v) is 10.0. The molecule has 2 heterocycles. The van der Waals surface area contributed by atoms with E-state index in [-0.39, 0.29) is 12.0 Å². The summed E-state index contributed by atoms with van der Waals surface area (Å²) in [5.74, 6) is 1.13. The third-order valence-electron chi connectivity index (χ3n) is 5.54. The summed E-state index contributed by atoms with van der Waals surface area (Å²) in [6.07, 6.45) is 4.37. The minimum absolute atomic E-state index is 0.176. The van der Waals surface area contributed by atoms with E-state index in [2.05, 4.69) is 42.2 Å². The Morgan fingerprint density at radius 1 is 1.11 bits per heavy atom. The van der Waals surface area contributed by atoms with E-state index in [4.69, 9.17) is 4.74 Å². The zero-order valence-corrected chi connectivity index (χ0v) is 16.5. The van der Waals surface area contributed by atoms with Crippen LogP contribution in [-0.2, 0) is 4.79 Å². The third-order valence-corrected chi connectivity index (χ3v) is 5.54. The largest absolute Gasteiger partial charge is 0.490 e. The SMILES string of the molecule is CCC(=O)N1CCC(Oc2ccc(-c3c(C)ccc4ncccc34)cc2)CC1. The number of likely N-dealkylation sites (tertiary alicyclic amines) is 1. The van der Waals surface area contributed by atoms with Crippen LogP contribution in [0, 0.1) is 6.92 Å². The minimum atomic E-state index is 0.176. The summed E-state index contributed by atoms with van der Waals surface area (Å²) >= 11 is 0. The molecule has 4 heteroatoms. The monoisotopic (exact) mass is 374 g/mol. The highest BCUT2D eigenvalue weighted by Crippen LogP contribution is 2.32. The van der Waals surface area contributed by atoms with Gasteiger partial charge in [0.1, 0.15) is 11.9 Å². The van der Waals surface area contributed by atoms with E-state index in [9.17, 15) is 4.79 Å². The number of ether oxygens (including phenoxy) is 1. The molecule has 0 saturated carbocycles. The molecule has 1 amide bonds. The third kappa shape index (κ3) is 3.72. The lowest BCUT2D eigenvalue weighted by atomic mass is 9.96. The van der Waals surface area contributed by atoms with Crippen LogP contribution in [0.1, 0.15) is 31.7 Å². The Morgan fingerprint density at radius 2 is 1.86 bits per heavy atom. The van der Waals surface area contributed by atoms with E-state index in [1.807, 2.05) is 36.2 Å². The summed E-state index contributed by atoms with van der Waals surface area (Å²) < 4.78 is 6.18. The molecule has 0 N–H and O–H groups in total. The van der Waals surface area contributed by atoms with Crippen molar-refractivity contribution in [2.75, 3.05) is 13.1 Å². The van der Waals surface area contributed by atoms with Crippen LogP contribution >= 0.6 is 0 Å². The van der Waals surface area contributed by atoms with Crippen LogP contribution in [-0.4, -0.2) is 35.0 Å². The second kappa shape index (κ2) is 8.01. The summed E-state index contributed by atoms with van der Waals surface area (Å²) in [5.41, 5.74) is 4.65. The van der Waals surface area contributed by atoms with Crippen molar-refractivity contribution in [3.05, 3.63) is 60.3 Å². The standard InChI is InChI=1S/C24H26N2O2/c1-3-23(27)26-15-12-20(13-16-26)28-19-9-7-18(8-10-19)24-17(2)6-11-22-21(24)5-4-14-25-22/h4-11,14,20H,3,12-13,15-16H2,1-2H3. The number of aryl methyl sites for hydroxylation is 1. The topological polar surface area (TPSA) is 42.4 Å². The smallest absolute Gasteiger partial charge is 0.222 e. The van der Waals surface area contributed by atoms with Gasteiger partial charge in [0, 0.05) is 43.9 Å². The van der Waals surface area contributed by atoms with Crippen molar-refractivity contribution in [1.82, 2.24) is 9.88 Å². The molecule has 0 unspecified atom stereocenters. The van der Waals surface area contributed by atoms with E-state index < -0.39 is 0 Å². The number of pyridine rings is 1. The predicted octanol–water partition coefficient (Wildman–Crippen LogP) is 4.99. The Kier molecular flexibility index (Phi) is 5.29. The van der Waals surface area contributed by atoms with Gasteiger partial charge < -0.3 is 9.64 Å². The molecule has 3 aromatic rings. The number of piperidine rings is 1. The molecule has 4 rings (SSSR count). The molecule has 0 radical (unpaired) electrons. The average Bonchev–Trinajstić information content (AvgIpc) is 2.74. The first-order valence-electron chi connectivity index (χ1n) is 10.0. The Balaban J connectivity index is 1.48. The Hall–Kier alpha value is -2.88. The van der Waals surface area contributed by atoms with Gasteiger partial charge >= 0.3 is 0 Å². The highest BCUT2D eigenvalue weighted by atomic mass is 16.5. The number of carbonyl (C=O) groups is 1. The Labute approximate surface area is 166 Å². The lowest BCUT2D eigenvalue weighted by Crippen LogP contribution is -2.41. The van der Waals surface area contributed by atoms with Crippen molar-refractivity contribution >= 4 is 16.8 Å². The maximum absolute atomic E-state index is 11.8. The fraction of sp³-hybridized carbons (Fsp3) is 0.333. The van der Waals surface area contributed by atoms with Crippen LogP contribution in [0.2, 0.25) is 0 Å². The van der Waals surface area contributed by atoms with Gasteiger partial charge in [0.05, 0.1) is 5.52 Å². The molecule has 0 aliphatic carbocycles. The van der Waals surface area contributed by atoms with Gasteiger partial charge in [-0.1, -0.05) is 31.2 Å². The number of carbonyl (C=O) groups excluding carboxylic acids is 1. The molecular weight excluding hydrogens is 348 g/mol. The number of fused-ring (bicyclic) bond motifs is 1. The number of nitrogens with zero attached hydrogens (tertiary/aromatic N) is 2. The molecule has 1 saturated heterocycles. The van der Waals surface area contributed by atoms with E-state index in [1.54, 1.807) is 0 Å². The zero-order valence-electron chi connectivity index (χ0n) is 16.5. The molecule has 0 atom stereocenters. The molecule has 1 aliphatic heterocycles. The summed E-state index contributed by atoms with van der Waals surface area (Å²) in [7, 11) is 0. The molecule has 1 aliphatic rings. The highest BCUT2D eigenvalue weighted by Gasteiger charge is 2.23. The summed E-state index contributed by atoms with van der Waals surface area (Å²) in [4.78, 5) is 18.2. The van der Waals surface area contributed by atoms with Crippen molar-refractivity contribution in [1.29, 1.82) is 0 Å². The molecule has 4 nitrogen and oxygen atoms in total. The number of amides is 1. The van der Waals surface area contributed by atoms with E-state index in [0.29, 0.717) is 6.42 Å². The lowest BCUT2D eigenvalue weighted by molar-refractivity contribution is -0.132. The van der Waals surface area contributed by atoms with Gasteiger partial charge in [0.25, 0.3) is 0 Å². The number of hydrogen-bond donors (Lipinski definition) is 0. The van der Waals surface area contributed by atoms with Crippen molar-refractivity contribution < 1.29 is 9.53 Å². The first-order chi connectivity index (χ1) is 13.7. The van der Waals surface area contributed by atoms with Gasteiger partial charge in [0.15, 0.2) is 0 Å². The summed E-state index contributed by atoms with van der Waals surface area (Å²) in [6.45, 7) is 5.63. The minimum Gasteiger partial charge on any atom is -0.490 e. The molecule has 144 valence electrons. The maximum atomic E-state index is 11.8. The van der Waals surface area contributed by atoms with Gasteiger partial charge in [-0.2, -0.15) is 0 Å². The second-order valence-corrected chi connectivity index (χ2v) is 7.40. The number of aromatic nitrogens is 1. The van der Waals surface area contributed by atoms with E-state index in [0.717, 1.165) is 37.2 Å². The van der Waals surface area contributed by atoms with Crippen LogP contribution in [0.3, 0.4) is 0 Å². The van der Waals surface area contributed by atoms with Crippen molar-refractivity contribution in [2.45, 2.75) is 39.2 Å². The number of rotatable bonds is 4. The molecule has 0 bridgehead atoms. The molecular formula is C24H26N2O2. The molecule has 1 aromatic heterocycles. The van der Waals surface area contributed by atoms with Gasteiger partial charge in [-0.05, 0) is 47.9 Å². The average molecular weight is 374 g/mol. The lowest BCUT2D eigenvalue weighted by Gasteiger charge is -2.32. The quantitative estimate of drug-likeness (QED) is 0.646. The molecule has 2 aromatic carbocycles. The van der Waals surface area contributed by atoms with Crippen LogP contribution in [0.15, 0.2) is 54.7 Å². The highest BCUT2D eigenvalue weighted by molar-refractivity contribution is 5.96. The van der Waals surface area contributed by atoms with E-state index >= 15 is 0 Å². The number of hydrogen-bond acceptors (Lipinski definition) is 3. The Morgan fingerprint density at radius 3 is 2.57 bits per heavy atom. The van der Waals surface area contributed by atoms with Crippen molar-refractivity contribution in [3.63, 3.8) is 0 Å². The second-order valence-electron chi connectivity index (χ2n) is 7.40. The first kappa shape index (κ1) is 18.5.